The predicted molar refractivity (Wildman–Crippen MR) is 112 cm³/mol. The molecular weight excluding hydrogens is 401 g/mol. The summed E-state index contributed by atoms with van der Waals surface area (Å²) in [6.45, 7) is 9.41. The first-order valence-electron chi connectivity index (χ1n) is 9.56. The zero-order chi connectivity index (χ0) is 20.7. The van der Waals surface area contributed by atoms with Crippen LogP contribution in [0.25, 0.3) is 0 Å². The maximum absolute atomic E-state index is 12.3. The summed E-state index contributed by atoms with van der Waals surface area (Å²) in [7, 11) is 0. The molecule has 1 fully saturated rings. The van der Waals surface area contributed by atoms with E-state index >= 15 is 0 Å². The van der Waals surface area contributed by atoms with E-state index in [1.807, 2.05) is 20.8 Å². The number of nitrogens with one attached hydrogen (secondary N) is 2. The molecule has 6 nitrogen and oxygen atoms in total. The van der Waals surface area contributed by atoms with Gasteiger partial charge in [0.1, 0.15) is 5.60 Å². The van der Waals surface area contributed by atoms with Crippen LogP contribution in [0.4, 0.5) is 4.79 Å². The van der Waals surface area contributed by atoms with Crippen molar-refractivity contribution in [1.29, 1.82) is 0 Å². The van der Waals surface area contributed by atoms with Crippen LogP contribution in [-0.2, 0) is 4.74 Å². The van der Waals surface area contributed by atoms with Crippen molar-refractivity contribution >= 4 is 35.2 Å². The van der Waals surface area contributed by atoms with Crippen LogP contribution in [0.1, 0.15) is 44.0 Å². The van der Waals surface area contributed by atoms with Crippen LogP contribution in [0, 0.1) is 5.92 Å². The highest BCUT2D eigenvalue weighted by molar-refractivity contribution is 6.35. The van der Waals surface area contributed by atoms with Gasteiger partial charge in [-0.3, -0.25) is 4.79 Å². The van der Waals surface area contributed by atoms with Crippen molar-refractivity contribution < 1.29 is 14.3 Å². The molecule has 0 unspecified atom stereocenters. The summed E-state index contributed by atoms with van der Waals surface area (Å²) in [4.78, 5) is 26.2. The highest BCUT2D eigenvalue weighted by Crippen LogP contribution is 2.20. The minimum atomic E-state index is -0.483. The number of rotatable bonds is 6. The minimum Gasteiger partial charge on any atom is -0.444 e. The van der Waals surface area contributed by atoms with Gasteiger partial charge in [-0.1, -0.05) is 23.2 Å². The molecule has 1 saturated heterocycles. The van der Waals surface area contributed by atoms with Crippen molar-refractivity contribution in [3.63, 3.8) is 0 Å². The average molecular weight is 430 g/mol. The van der Waals surface area contributed by atoms with Crippen molar-refractivity contribution in [3.8, 4) is 0 Å². The Morgan fingerprint density at radius 1 is 1.11 bits per heavy atom. The Labute approximate surface area is 176 Å². The molecule has 8 heteroatoms. The highest BCUT2D eigenvalue weighted by Gasteiger charge is 2.21. The second-order valence-corrected chi connectivity index (χ2v) is 8.95. The van der Waals surface area contributed by atoms with Crippen LogP contribution >= 0.6 is 23.2 Å². The number of ether oxygens (including phenoxy) is 1. The van der Waals surface area contributed by atoms with E-state index < -0.39 is 5.60 Å². The van der Waals surface area contributed by atoms with Gasteiger partial charge in [0, 0.05) is 35.2 Å². The predicted octanol–water partition coefficient (Wildman–Crippen LogP) is 3.96. The number of likely N-dealkylation sites (tertiary alicyclic amines) is 1. The molecule has 0 bridgehead atoms. The summed E-state index contributed by atoms with van der Waals surface area (Å²) in [5.41, 5.74) is -0.00772. The molecule has 0 radical (unpaired) electrons. The standard InChI is InChI=1S/C20H29Cl2N3O3/c1-20(2,3)28-19(27)23-6-9-25-7-4-14(5-8-25)13-24-18(26)15-10-16(21)12-17(22)11-15/h10-12,14H,4-9,13H2,1-3H3,(H,23,27)(H,24,26). The normalized spacial score (nSPS) is 15.9. The summed E-state index contributed by atoms with van der Waals surface area (Å²) >= 11 is 11.9. The molecule has 0 spiro atoms. The van der Waals surface area contributed by atoms with Crippen LogP contribution in [-0.4, -0.2) is 55.2 Å². The molecule has 0 aliphatic carbocycles. The van der Waals surface area contributed by atoms with Gasteiger partial charge in [-0.05, 0) is 70.8 Å². The van der Waals surface area contributed by atoms with E-state index in [2.05, 4.69) is 15.5 Å². The van der Waals surface area contributed by atoms with Crippen LogP contribution in [0.15, 0.2) is 18.2 Å². The summed E-state index contributed by atoms with van der Waals surface area (Å²) in [6, 6.07) is 4.83. The number of alkyl carbamates (subject to hydrolysis) is 1. The largest absolute Gasteiger partial charge is 0.444 e. The zero-order valence-electron chi connectivity index (χ0n) is 16.7. The summed E-state index contributed by atoms with van der Waals surface area (Å²) in [5.74, 6) is 0.280. The first kappa shape index (κ1) is 22.8. The van der Waals surface area contributed by atoms with E-state index in [1.165, 1.54) is 0 Å². The lowest BCUT2D eigenvalue weighted by atomic mass is 9.96. The number of hydrogen-bond acceptors (Lipinski definition) is 4. The molecule has 156 valence electrons. The molecule has 1 heterocycles. The van der Waals surface area contributed by atoms with Crippen LogP contribution in [0.2, 0.25) is 10.0 Å². The summed E-state index contributed by atoms with van der Waals surface area (Å²) in [6.07, 6.45) is 1.62. The van der Waals surface area contributed by atoms with Gasteiger partial charge in [-0.25, -0.2) is 4.79 Å². The smallest absolute Gasteiger partial charge is 0.407 e. The van der Waals surface area contributed by atoms with Crippen LogP contribution in [0.5, 0.6) is 0 Å². The summed E-state index contributed by atoms with van der Waals surface area (Å²) in [5, 5.41) is 6.65. The monoisotopic (exact) mass is 429 g/mol. The van der Waals surface area contributed by atoms with E-state index in [-0.39, 0.29) is 12.0 Å². The van der Waals surface area contributed by atoms with Crippen molar-refractivity contribution in [2.24, 2.45) is 5.92 Å². The Balaban J connectivity index is 1.64. The molecule has 2 rings (SSSR count). The fourth-order valence-electron chi connectivity index (χ4n) is 3.07. The number of amides is 2. The third-order valence-electron chi connectivity index (χ3n) is 4.48. The number of carbonyl (C=O) groups is 2. The van der Waals surface area contributed by atoms with E-state index in [9.17, 15) is 9.59 Å². The SMILES string of the molecule is CC(C)(C)OC(=O)NCCN1CCC(CNC(=O)c2cc(Cl)cc(Cl)c2)CC1. The van der Waals surface area contributed by atoms with Gasteiger partial charge in [0.25, 0.3) is 5.91 Å². The number of hydrogen-bond donors (Lipinski definition) is 2. The minimum absolute atomic E-state index is 0.159. The van der Waals surface area contributed by atoms with Crippen LogP contribution in [0.3, 0.4) is 0 Å². The second kappa shape index (κ2) is 10.3. The van der Waals surface area contributed by atoms with Gasteiger partial charge >= 0.3 is 6.09 Å². The Morgan fingerprint density at radius 3 is 2.29 bits per heavy atom. The average Bonchev–Trinajstić information content (AvgIpc) is 2.58. The van der Waals surface area contributed by atoms with E-state index in [0.29, 0.717) is 34.6 Å². The van der Waals surface area contributed by atoms with Gasteiger partial charge in [-0.2, -0.15) is 0 Å². The summed E-state index contributed by atoms with van der Waals surface area (Å²) < 4.78 is 5.22. The van der Waals surface area contributed by atoms with E-state index in [0.717, 1.165) is 32.5 Å². The number of carbonyl (C=O) groups excluding carboxylic acids is 2. The molecule has 0 aromatic heterocycles. The maximum atomic E-state index is 12.3. The molecule has 1 aromatic carbocycles. The Kier molecular flexibility index (Phi) is 8.40. The third-order valence-corrected chi connectivity index (χ3v) is 4.92. The lowest BCUT2D eigenvalue weighted by Gasteiger charge is -2.32. The van der Waals surface area contributed by atoms with Gasteiger partial charge in [0.2, 0.25) is 0 Å². The molecule has 0 saturated carbocycles. The molecule has 0 atom stereocenters. The molecule has 2 N–H and O–H groups in total. The van der Waals surface area contributed by atoms with Crippen molar-refractivity contribution in [2.75, 3.05) is 32.7 Å². The third kappa shape index (κ3) is 8.25. The molecule has 1 aliphatic rings. The Morgan fingerprint density at radius 2 is 1.71 bits per heavy atom. The number of nitrogens with zero attached hydrogens (tertiary/aromatic N) is 1. The lowest BCUT2D eigenvalue weighted by molar-refractivity contribution is 0.0519. The number of benzene rings is 1. The maximum Gasteiger partial charge on any atom is 0.407 e. The molecule has 1 aliphatic heterocycles. The van der Waals surface area contributed by atoms with Crippen molar-refractivity contribution in [2.45, 2.75) is 39.2 Å². The van der Waals surface area contributed by atoms with Gasteiger partial charge < -0.3 is 20.3 Å². The van der Waals surface area contributed by atoms with E-state index in [1.54, 1.807) is 18.2 Å². The topological polar surface area (TPSA) is 70.7 Å². The van der Waals surface area contributed by atoms with E-state index in [4.69, 9.17) is 27.9 Å². The fourth-order valence-corrected chi connectivity index (χ4v) is 3.59. The lowest BCUT2D eigenvalue weighted by Crippen LogP contribution is -2.42. The van der Waals surface area contributed by atoms with Gasteiger partial charge in [0.05, 0.1) is 0 Å². The fraction of sp³-hybridized carbons (Fsp3) is 0.600. The molecular formula is C20H29Cl2N3O3. The zero-order valence-corrected chi connectivity index (χ0v) is 18.2. The Hall–Kier alpha value is -1.50. The first-order valence-corrected chi connectivity index (χ1v) is 10.3. The second-order valence-electron chi connectivity index (χ2n) is 8.08. The van der Waals surface area contributed by atoms with Crippen molar-refractivity contribution in [3.05, 3.63) is 33.8 Å². The number of halogens is 2. The molecule has 28 heavy (non-hydrogen) atoms. The number of piperidine rings is 1. The van der Waals surface area contributed by atoms with Gasteiger partial charge in [0.15, 0.2) is 0 Å². The molecule has 2 amide bonds. The quantitative estimate of drug-likeness (QED) is 0.717. The van der Waals surface area contributed by atoms with Crippen LogP contribution < -0.4 is 10.6 Å². The first-order chi connectivity index (χ1) is 13.1. The van der Waals surface area contributed by atoms with Crippen molar-refractivity contribution in [1.82, 2.24) is 15.5 Å². The highest BCUT2D eigenvalue weighted by atomic mass is 35.5. The van der Waals surface area contributed by atoms with Gasteiger partial charge in [-0.15, -0.1) is 0 Å². The Bertz CT molecular complexity index is 664. The molecule has 1 aromatic rings.